The highest BCUT2D eigenvalue weighted by Gasteiger charge is 2.16. The molecule has 0 fully saturated rings. The second-order valence-electron chi connectivity index (χ2n) is 8.72. The molecule has 4 nitrogen and oxygen atoms in total. The van der Waals surface area contributed by atoms with Crippen LogP contribution in [0.1, 0.15) is 43.6 Å². The molecule has 1 heterocycles. The van der Waals surface area contributed by atoms with Crippen molar-refractivity contribution < 1.29 is 1.43 Å². The summed E-state index contributed by atoms with van der Waals surface area (Å²) in [5.41, 5.74) is 7.34. The van der Waals surface area contributed by atoms with E-state index in [1.54, 1.807) is 6.92 Å². The standard InChI is InChI=1S/C27H34N4S.CH4.H2/c1-19(13-22-7-9-23(10-8-22)17-30(4)5)16-29-27-15-26-14-24(20(2)32-21(3)28)11-12-25(26)18-31(27)6;;/h7-12,14-15,28-29H,1-2,13,16-18H2,3-6H3;1H4;1H. The summed E-state index contributed by atoms with van der Waals surface area (Å²) in [6.07, 6.45) is 3.06. The molecule has 2 aromatic rings. The van der Waals surface area contributed by atoms with E-state index >= 15 is 0 Å². The number of nitrogens with one attached hydrogen (secondary N) is 2. The molecule has 1 aliphatic rings. The lowest BCUT2D eigenvalue weighted by Crippen LogP contribution is -2.32. The van der Waals surface area contributed by atoms with Gasteiger partial charge in [-0.3, -0.25) is 5.41 Å². The Bertz CT molecular complexity index is 1040. The first-order valence-electron chi connectivity index (χ1n) is 10.8. The number of fused-ring (bicyclic) bond motifs is 1. The van der Waals surface area contributed by atoms with Gasteiger partial charge >= 0.3 is 0 Å². The smallest absolute Gasteiger partial charge is 0.102 e. The van der Waals surface area contributed by atoms with E-state index in [-0.39, 0.29) is 8.85 Å². The third kappa shape index (κ3) is 7.65. The molecule has 1 aliphatic heterocycles. The Balaban J connectivity index is 0.00000289. The third-order valence-electron chi connectivity index (χ3n) is 5.35. The van der Waals surface area contributed by atoms with Gasteiger partial charge < -0.3 is 15.1 Å². The Morgan fingerprint density at radius 1 is 1.15 bits per heavy atom. The quantitative estimate of drug-likeness (QED) is 0.254. The third-order valence-corrected chi connectivity index (χ3v) is 6.14. The highest BCUT2D eigenvalue weighted by atomic mass is 32.2. The minimum Gasteiger partial charge on any atom is -0.368 e. The van der Waals surface area contributed by atoms with Crippen LogP contribution in [0.15, 0.2) is 67.0 Å². The van der Waals surface area contributed by atoms with E-state index in [4.69, 9.17) is 5.41 Å². The molecule has 0 spiro atoms. The summed E-state index contributed by atoms with van der Waals surface area (Å²) in [5, 5.41) is 11.8. The topological polar surface area (TPSA) is 42.4 Å². The maximum atomic E-state index is 7.70. The highest BCUT2D eigenvalue weighted by Crippen LogP contribution is 2.30. The predicted octanol–water partition coefficient (Wildman–Crippen LogP) is 6.46. The van der Waals surface area contributed by atoms with Gasteiger partial charge in [-0.15, -0.1) is 0 Å². The van der Waals surface area contributed by atoms with Crippen LogP contribution in [0.5, 0.6) is 0 Å². The van der Waals surface area contributed by atoms with Crippen LogP contribution in [0.3, 0.4) is 0 Å². The van der Waals surface area contributed by atoms with Gasteiger partial charge in [-0.2, -0.15) is 0 Å². The van der Waals surface area contributed by atoms with Crippen molar-refractivity contribution in [1.82, 2.24) is 15.1 Å². The summed E-state index contributed by atoms with van der Waals surface area (Å²) >= 11 is 1.41. The molecule has 0 saturated carbocycles. The zero-order valence-electron chi connectivity index (χ0n) is 19.7. The number of thioether (sulfide) groups is 1. The highest BCUT2D eigenvalue weighted by molar-refractivity contribution is 8.21. The van der Waals surface area contributed by atoms with Crippen LogP contribution in [0.2, 0.25) is 0 Å². The lowest BCUT2D eigenvalue weighted by molar-refractivity contribution is 0.379. The van der Waals surface area contributed by atoms with Crippen LogP contribution < -0.4 is 5.32 Å². The largest absolute Gasteiger partial charge is 0.368 e. The summed E-state index contributed by atoms with van der Waals surface area (Å²) in [4.78, 5) is 5.32. The first-order chi connectivity index (χ1) is 15.2. The molecule has 0 aliphatic carbocycles. The van der Waals surface area contributed by atoms with Gasteiger partial charge in [-0.25, -0.2) is 0 Å². The molecule has 33 heavy (non-hydrogen) atoms. The molecule has 3 rings (SSSR count). The van der Waals surface area contributed by atoms with Gasteiger partial charge in [0.1, 0.15) is 5.82 Å². The molecule has 2 N–H and O–H groups in total. The van der Waals surface area contributed by atoms with Gasteiger partial charge in [-0.05, 0) is 67.4 Å². The van der Waals surface area contributed by atoms with Crippen molar-refractivity contribution >= 4 is 27.8 Å². The average molecular weight is 465 g/mol. The Morgan fingerprint density at radius 2 is 1.82 bits per heavy atom. The monoisotopic (exact) mass is 464 g/mol. The lowest BCUT2D eigenvalue weighted by Gasteiger charge is -2.29. The zero-order chi connectivity index (χ0) is 23.3. The van der Waals surface area contributed by atoms with Crippen LogP contribution in [-0.4, -0.2) is 42.5 Å². The molecule has 0 amide bonds. The van der Waals surface area contributed by atoms with E-state index in [2.05, 4.69) is 98.0 Å². The van der Waals surface area contributed by atoms with Gasteiger partial charge in [0.05, 0.1) is 5.04 Å². The summed E-state index contributed by atoms with van der Waals surface area (Å²) < 4.78 is 0. The van der Waals surface area contributed by atoms with Crippen LogP contribution in [0.4, 0.5) is 0 Å². The van der Waals surface area contributed by atoms with Crippen molar-refractivity contribution in [3.05, 3.63) is 94.8 Å². The molecular weight excluding hydrogens is 424 g/mol. The van der Waals surface area contributed by atoms with E-state index in [1.807, 2.05) is 0 Å². The zero-order valence-corrected chi connectivity index (χ0v) is 20.5. The summed E-state index contributed by atoms with van der Waals surface area (Å²) in [6, 6.07) is 15.2. The molecule has 178 valence electrons. The SMILES string of the molecule is C.C=C(CNC1=Cc2cc(C(=C)SC(C)=N)ccc2CN1C)Cc1ccc(CN(C)C)cc1.[HH]. The van der Waals surface area contributed by atoms with Gasteiger partial charge in [0.15, 0.2) is 0 Å². The summed E-state index contributed by atoms with van der Waals surface area (Å²) in [6.45, 7) is 12.8. The normalized spacial score (nSPS) is 12.5. The van der Waals surface area contributed by atoms with E-state index < -0.39 is 0 Å². The van der Waals surface area contributed by atoms with Gasteiger partial charge in [0.25, 0.3) is 0 Å². The first kappa shape index (κ1) is 26.5. The molecule has 0 saturated heterocycles. The Kier molecular flexibility index (Phi) is 9.56. The van der Waals surface area contributed by atoms with Crippen molar-refractivity contribution in [1.29, 1.82) is 5.41 Å². The number of hydrogen-bond acceptors (Lipinski definition) is 5. The summed E-state index contributed by atoms with van der Waals surface area (Å²) in [7, 11) is 6.28. The molecule has 0 unspecified atom stereocenters. The molecule has 0 radical (unpaired) electrons. The Morgan fingerprint density at radius 3 is 2.45 bits per heavy atom. The second-order valence-corrected chi connectivity index (χ2v) is 10.0. The van der Waals surface area contributed by atoms with Gasteiger partial charge in [0, 0.05) is 33.0 Å². The first-order valence-corrected chi connectivity index (χ1v) is 11.6. The van der Waals surface area contributed by atoms with Crippen molar-refractivity contribution in [3.8, 4) is 0 Å². The minimum absolute atomic E-state index is 0. The van der Waals surface area contributed by atoms with Gasteiger partial charge in [0.2, 0.25) is 0 Å². The molecule has 5 heteroatoms. The maximum absolute atomic E-state index is 7.70. The fourth-order valence-corrected chi connectivity index (χ4v) is 4.38. The lowest BCUT2D eigenvalue weighted by atomic mass is 10.00. The second kappa shape index (κ2) is 11.9. The number of hydrogen-bond donors (Lipinski definition) is 2. The van der Waals surface area contributed by atoms with Crippen LogP contribution in [0, 0.1) is 5.41 Å². The predicted molar refractivity (Wildman–Crippen MR) is 149 cm³/mol. The van der Waals surface area contributed by atoms with Crippen LogP contribution in [0.25, 0.3) is 11.0 Å². The Labute approximate surface area is 206 Å². The molecular formula is C28H40N4S. The van der Waals surface area contributed by atoms with Crippen LogP contribution in [-0.2, 0) is 19.5 Å². The maximum Gasteiger partial charge on any atom is 0.102 e. The van der Waals surface area contributed by atoms with E-state index in [9.17, 15) is 0 Å². The van der Waals surface area contributed by atoms with E-state index in [0.717, 1.165) is 47.9 Å². The Hall–Kier alpha value is -2.76. The average Bonchev–Trinajstić information content (AvgIpc) is 2.72. The van der Waals surface area contributed by atoms with Crippen molar-refractivity contribution in [2.45, 2.75) is 33.9 Å². The van der Waals surface area contributed by atoms with Gasteiger partial charge in [-0.1, -0.05) is 74.3 Å². The van der Waals surface area contributed by atoms with Crippen molar-refractivity contribution in [2.24, 2.45) is 0 Å². The van der Waals surface area contributed by atoms with Crippen LogP contribution >= 0.6 is 11.8 Å². The molecule has 0 bridgehead atoms. The molecule has 0 aromatic heterocycles. The number of rotatable bonds is 9. The van der Waals surface area contributed by atoms with Crippen molar-refractivity contribution in [3.63, 3.8) is 0 Å². The van der Waals surface area contributed by atoms with Crippen molar-refractivity contribution in [2.75, 3.05) is 27.7 Å². The number of nitrogens with zero attached hydrogens (tertiary/aromatic N) is 2. The van der Waals surface area contributed by atoms with E-state index in [1.165, 1.54) is 34.0 Å². The molecule has 2 aromatic carbocycles. The fourth-order valence-electron chi connectivity index (χ4n) is 3.77. The summed E-state index contributed by atoms with van der Waals surface area (Å²) in [5.74, 6) is 1.10. The fraction of sp³-hybridized carbons (Fsp3) is 0.321. The van der Waals surface area contributed by atoms with E-state index in [0.29, 0.717) is 5.04 Å². The number of benzene rings is 2. The molecule has 0 atom stereocenters. The minimum atomic E-state index is 0.